The lowest BCUT2D eigenvalue weighted by molar-refractivity contribution is 0.372. The Hall–Kier alpha value is -1.86. The number of nitrogens with two attached hydrogens (primary N) is 1. The number of nitrogen functional groups attached to an aromatic ring is 1. The highest BCUT2D eigenvalue weighted by molar-refractivity contribution is 9.10. The predicted molar refractivity (Wildman–Crippen MR) is 75.3 cm³/mol. The first kappa shape index (κ1) is 13.6. The van der Waals surface area contributed by atoms with E-state index in [1.165, 1.54) is 6.33 Å². The quantitative estimate of drug-likeness (QED) is 0.664. The Morgan fingerprint density at radius 1 is 1.26 bits per heavy atom. The van der Waals surface area contributed by atoms with Crippen molar-refractivity contribution >= 4 is 21.7 Å². The molecule has 0 radical (unpaired) electrons. The molecule has 6 nitrogen and oxygen atoms in total. The van der Waals surface area contributed by atoms with Crippen molar-refractivity contribution < 1.29 is 9.47 Å². The smallest absolute Gasteiger partial charge is 0.239 e. The maximum atomic E-state index is 5.71. The van der Waals surface area contributed by atoms with E-state index in [9.17, 15) is 0 Å². The topological polar surface area (TPSA) is 82.3 Å². The molecule has 0 aliphatic heterocycles. The van der Waals surface area contributed by atoms with Gasteiger partial charge >= 0.3 is 0 Å². The second kappa shape index (κ2) is 5.85. The lowest BCUT2D eigenvalue weighted by Gasteiger charge is -2.12. The van der Waals surface area contributed by atoms with Crippen LogP contribution in [-0.4, -0.2) is 17.1 Å². The highest BCUT2D eigenvalue weighted by Gasteiger charge is 2.12. The molecule has 0 atom stereocenters. The van der Waals surface area contributed by atoms with Crippen LogP contribution in [0.25, 0.3) is 0 Å². The van der Waals surface area contributed by atoms with Gasteiger partial charge < -0.3 is 14.9 Å². The molecular formula is C12H13BrN4O2. The SMILES string of the molecule is COc1cc(C)ccc1Oc1ncnc(NN)c1Br. The fourth-order valence-electron chi connectivity index (χ4n) is 1.49. The molecule has 0 aliphatic rings. The third-order valence-electron chi connectivity index (χ3n) is 2.42. The lowest BCUT2D eigenvalue weighted by Crippen LogP contribution is -2.10. The van der Waals surface area contributed by atoms with Gasteiger partial charge in [0.2, 0.25) is 5.88 Å². The van der Waals surface area contributed by atoms with Gasteiger partial charge in [-0.15, -0.1) is 0 Å². The number of aromatic nitrogens is 2. The summed E-state index contributed by atoms with van der Waals surface area (Å²) in [6, 6.07) is 5.62. The number of hydrazine groups is 1. The lowest BCUT2D eigenvalue weighted by atomic mass is 10.2. The Bertz CT molecular complexity index is 592. The number of ether oxygens (including phenoxy) is 2. The van der Waals surface area contributed by atoms with Crippen LogP contribution in [-0.2, 0) is 0 Å². The van der Waals surface area contributed by atoms with Gasteiger partial charge in [-0.1, -0.05) is 6.07 Å². The molecule has 2 rings (SSSR count). The van der Waals surface area contributed by atoms with Crippen molar-refractivity contribution in [1.82, 2.24) is 9.97 Å². The molecule has 2 aromatic rings. The fourth-order valence-corrected chi connectivity index (χ4v) is 1.89. The molecule has 1 heterocycles. The summed E-state index contributed by atoms with van der Waals surface area (Å²) in [5, 5.41) is 0. The van der Waals surface area contributed by atoms with Crippen molar-refractivity contribution in [2.24, 2.45) is 5.84 Å². The molecule has 0 saturated heterocycles. The van der Waals surface area contributed by atoms with E-state index >= 15 is 0 Å². The van der Waals surface area contributed by atoms with Crippen LogP contribution in [0.2, 0.25) is 0 Å². The molecule has 19 heavy (non-hydrogen) atoms. The summed E-state index contributed by atoms with van der Waals surface area (Å²) in [6.45, 7) is 1.98. The highest BCUT2D eigenvalue weighted by Crippen LogP contribution is 2.36. The maximum absolute atomic E-state index is 5.71. The van der Waals surface area contributed by atoms with E-state index < -0.39 is 0 Å². The van der Waals surface area contributed by atoms with E-state index in [1.54, 1.807) is 7.11 Å². The Morgan fingerprint density at radius 3 is 2.74 bits per heavy atom. The van der Waals surface area contributed by atoms with Crippen LogP contribution in [0.5, 0.6) is 17.4 Å². The van der Waals surface area contributed by atoms with Crippen LogP contribution < -0.4 is 20.7 Å². The fraction of sp³-hybridized carbons (Fsp3) is 0.167. The first-order chi connectivity index (χ1) is 9.15. The third-order valence-corrected chi connectivity index (χ3v) is 3.13. The minimum absolute atomic E-state index is 0.352. The minimum atomic E-state index is 0.352. The summed E-state index contributed by atoms with van der Waals surface area (Å²) in [5.41, 5.74) is 3.53. The number of hydrogen-bond donors (Lipinski definition) is 2. The molecule has 100 valence electrons. The second-order valence-electron chi connectivity index (χ2n) is 3.74. The molecule has 0 aliphatic carbocycles. The molecule has 1 aromatic heterocycles. The predicted octanol–water partition coefficient (Wildman–Crippen LogP) is 2.63. The van der Waals surface area contributed by atoms with Gasteiger partial charge in [0, 0.05) is 0 Å². The Labute approximate surface area is 119 Å². The number of nitrogens with zero attached hydrogens (tertiary/aromatic N) is 2. The number of halogens is 1. The average Bonchev–Trinajstić information content (AvgIpc) is 2.42. The summed E-state index contributed by atoms with van der Waals surface area (Å²) in [4.78, 5) is 8.00. The zero-order chi connectivity index (χ0) is 13.8. The van der Waals surface area contributed by atoms with E-state index in [4.69, 9.17) is 15.3 Å². The van der Waals surface area contributed by atoms with Crippen LogP contribution in [0.3, 0.4) is 0 Å². The minimum Gasteiger partial charge on any atom is -0.493 e. The van der Waals surface area contributed by atoms with Gasteiger partial charge in [-0.2, -0.15) is 0 Å². The van der Waals surface area contributed by atoms with Crippen LogP contribution in [0.15, 0.2) is 29.0 Å². The highest BCUT2D eigenvalue weighted by atomic mass is 79.9. The van der Waals surface area contributed by atoms with E-state index in [0.717, 1.165) is 5.56 Å². The summed E-state index contributed by atoms with van der Waals surface area (Å²) in [6.07, 6.45) is 1.36. The normalized spacial score (nSPS) is 10.1. The van der Waals surface area contributed by atoms with Crippen LogP contribution in [0.1, 0.15) is 5.56 Å². The van der Waals surface area contributed by atoms with Crippen molar-refractivity contribution in [3.8, 4) is 17.4 Å². The van der Waals surface area contributed by atoms with Crippen LogP contribution >= 0.6 is 15.9 Å². The van der Waals surface area contributed by atoms with Gasteiger partial charge in [-0.25, -0.2) is 15.8 Å². The van der Waals surface area contributed by atoms with Crippen LogP contribution in [0, 0.1) is 6.92 Å². The number of nitrogens with one attached hydrogen (secondary N) is 1. The summed E-state index contributed by atoms with van der Waals surface area (Å²) in [5.74, 6) is 7.33. The third kappa shape index (κ3) is 2.94. The molecule has 0 bridgehead atoms. The standard InChI is InChI=1S/C12H13BrN4O2/c1-7-3-4-8(9(5-7)18-2)19-12-10(13)11(17-14)15-6-16-12/h3-6H,14H2,1-2H3,(H,15,16,17). The summed E-state index contributed by atoms with van der Waals surface area (Å²) in [7, 11) is 1.59. The number of benzene rings is 1. The molecule has 1 aromatic carbocycles. The second-order valence-corrected chi connectivity index (χ2v) is 4.54. The largest absolute Gasteiger partial charge is 0.493 e. The average molecular weight is 325 g/mol. The van der Waals surface area contributed by atoms with Crippen molar-refractivity contribution in [3.63, 3.8) is 0 Å². The number of hydrogen-bond acceptors (Lipinski definition) is 6. The van der Waals surface area contributed by atoms with Gasteiger partial charge in [-0.3, -0.25) is 0 Å². The molecular weight excluding hydrogens is 312 g/mol. The zero-order valence-corrected chi connectivity index (χ0v) is 12.1. The van der Waals surface area contributed by atoms with Crippen molar-refractivity contribution in [2.75, 3.05) is 12.5 Å². The number of aryl methyl sites for hydroxylation is 1. The number of rotatable bonds is 4. The Kier molecular flexibility index (Phi) is 4.18. The summed E-state index contributed by atoms with van der Waals surface area (Å²) >= 11 is 3.33. The van der Waals surface area contributed by atoms with Crippen LogP contribution in [0.4, 0.5) is 5.82 Å². The number of methoxy groups -OCH3 is 1. The molecule has 0 unspecified atom stereocenters. The molecule has 0 amide bonds. The first-order valence-corrected chi connectivity index (χ1v) is 6.24. The molecule has 0 saturated carbocycles. The van der Waals surface area contributed by atoms with E-state index in [-0.39, 0.29) is 0 Å². The Morgan fingerprint density at radius 2 is 2.05 bits per heavy atom. The van der Waals surface area contributed by atoms with E-state index in [2.05, 4.69) is 31.3 Å². The van der Waals surface area contributed by atoms with Gasteiger partial charge in [0.15, 0.2) is 17.3 Å². The molecule has 3 N–H and O–H groups in total. The van der Waals surface area contributed by atoms with Gasteiger partial charge in [0.25, 0.3) is 0 Å². The van der Waals surface area contributed by atoms with Crippen molar-refractivity contribution in [3.05, 3.63) is 34.6 Å². The molecule has 7 heteroatoms. The van der Waals surface area contributed by atoms with E-state index in [0.29, 0.717) is 27.7 Å². The molecule has 0 fully saturated rings. The monoisotopic (exact) mass is 324 g/mol. The Balaban J connectivity index is 2.36. The molecule has 0 spiro atoms. The van der Waals surface area contributed by atoms with Crippen molar-refractivity contribution in [2.45, 2.75) is 6.92 Å². The first-order valence-electron chi connectivity index (χ1n) is 5.45. The van der Waals surface area contributed by atoms with E-state index in [1.807, 2.05) is 25.1 Å². The van der Waals surface area contributed by atoms with Gasteiger partial charge in [-0.05, 0) is 40.5 Å². The van der Waals surface area contributed by atoms with Crippen molar-refractivity contribution in [1.29, 1.82) is 0 Å². The number of anilines is 1. The van der Waals surface area contributed by atoms with Gasteiger partial charge in [0.1, 0.15) is 10.8 Å². The summed E-state index contributed by atoms with van der Waals surface area (Å²) < 4.78 is 11.5. The maximum Gasteiger partial charge on any atom is 0.239 e. The van der Waals surface area contributed by atoms with Gasteiger partial charge in [0.05, 0.1) is 7.11 Å². The zero-order valence-electron chi connectivity index (χ0n) is 10.5.